The van der Waals surface area contributed by atoms with Gasteiger partial charge in [-0.1, -0.05) is 22.0 Å². The van der Waals surface area contributed by atoms with Gasteiger partial charge in [-0.2, -0.15) is 0 Å². The SMILES string of the molecule is Cl.ClCc1cc2cc(Br)ccc2cn1. The molecule has 4 heteroatoms. The molecule has 0 aliphatic carbocycles. The Morgan fingerprint density at radius 2 is 2.00 bits per heavy atom. The maximum atomic E-state index is 5.69. The van der Waals surface area contributed by atoms with Crippen molar-refractivity contribution in [2.75, 3.05) is 0 Å². The van der Waals surface area contributed by atoms with Crippen molar-refractivity contribution in [1.82, 2.24) is 4.98 Å². The van der Waals surface area contributed by atoms with Gasteiger partial charge < -0.3 is 0 Å². The molecular weight excluding hydrogens is 285 g/mol. The summed E-state index contributed by atoms with van der Waals surface area (Å²) < 4.78 is 1.08. The molecule has 1 heterocycles. The van der Waals surface area contributed by atoms with Gasteiger partial charge in [0.25, 0.3) is 0 Å². The first kappa shape index (κ1) is 11.8. The van der Waals surface area contributed by atoms with Crippen LogP contribution in [-0.4, -0.2) is 4.98 Å². The Morgan fingerprint density at radius 3 is 2.71 bits per heavy atom. The zero-order valence-corrected chi connectivity index (χ0v) is 10.4. The van der Waals surface area contributed by atoms with E-state index in [1.54, 1.807) is 0 Å². The lowest BCUT2D eigenvalue weighted by Gasteiger charge is -1.99. The van der Waals surface area contributed by atoms with E-state index in [0.29, 0.717) is 5.88 Å². The Bertz CT molecular complexity index is 445. The molecule has 0 spiro atoms. The Hall–Kier alpha value is -0.310. The first-order chi connectivity index (χ1) is 6.29. The zero-order valence-electron chi connectivity index (χ0n) is 7.21. The van der Waals surface area contributed by atoms with Crippen molar-refractivity contribution in [3.8, 4) is 0 Å². The third kappa shape index (κ3) is 2.38. The number of rotatable bonds is 1. The average Bonchev–Trinajstić information content (AvgIpc) is 2.16. The van der Waals surface area contributed by atoms with E-state index in [-0.39, 0.29) is 12.4 Å². The number of halogens is 3. The second-order valence-electron chi connectivity index (χ2n) is 2.80. The highest BCUT2D eigenvalue weighted by molar-refractivity contribution is 9.10. The molecule has 1 aromatic heterocycles. The summed E-state index contributed by atoms with van der Waals surface area (Å²) >= 11 is 9.12. The second-order valence-corrected chi connectivity index (χ2v) is 3.98. The summed E-state index contributed by atoms with van der Waals surface area (Å²) in [5, 5.41) is 2.30. The van der Waals surface area contributed by atoms with Crippen LogP contribution in [0.5, 0.6) is 0 Å². The number of aromatic nitrogens is 1. The molecule has 0 aliphatic heterocycles. The Balaban J connectivity index is 0.000000980. The number of alkyl halides is 1. The normalized spacial score (nSPS) is 9.86. The molecule has 0 atom stereocenters. The van der Waals surface area contributed by atoms with Crippen LogP contribution in [0.1, 0.15) is 5.69 Å². The second kappa shape index (κ2) is 4.96. The quantitative estimate of drug-likeness (QED) is 0.719. The minimum Gasteiger partial charge on any atom is -0.259 e. The molecule has 0 amide bonds. The topological polar surface area (TPSA) is 12.9 Å². The third-order valence-electron chi connectivity index (χ3n) is 1.88. The fourth-order valence-corrected chi connectivity index (χ4v) is 1.76. The first-order valence-electron chi connectivity index (χ1n) is 3.90. The van der Waals surface area contributed by atoms with Crippen LogP contribution in [0.15, 0.2) is 34.9 Å². The van der Waals surface area contributed by atoms with Gasteiger partial charge in [-0.25, -0.2) is 0 Å². The van der Waals surface area contributed by atoms with Gasteiger partial charge >= 0.3 is 0 Å². The lowest BCUT2D eigenvalue weighted by molar-refractivity contribution is 1.19. The van der Waals surface area contributed by atoms with Crippen molar-refractivity contribution in [1.29, 1.82) is 0 Å². The minimum atomic E-state index is 0. The number of hydrogen-bond acceptors (Lipinski definition) is 1. The van der Waals surface area contributed by atoms with Crippen LogP contribution >= 0.6 is 39.9 Å². The van der Waals surface area contributed by atoms with Crippen LogP contribution in [0, 0.1) is 0 Å². The molecule has 2 rings (SSSR count). The van der Waals surface area contributed by atoms with Crippen LogP contribution in [0.25, 0.3) is 10.8 Å². The molecule has 0 bridgehead atoms. The van der Waals surface area contributed by atoms with Crippen LogP contribution < -0.4 is 0 Å². The van der Waals surface area contributed by atoms with Gasteiger partial charge in [0.1, 0.15) is 0 Å². The first-order valence-corrected chi connectivity index (χ1v) is 5.22. The molecule has 74 valence electrons. The molecule has 0 fully saturated rings. The average molecular weight is 293 g/mol. The van der Waals surface area contributed by atoms with Crippen LogP contribution in [0.4, 0.5) is 0 Å². The molecule has 2 aromatic rings. The van der Waals surface area contributed by atoms with E-state index in [2.05, 4.69) is 27.0 Å². The molecule has 1 aromatic carbocycles. The van der Waals surface area contributed by atoms with E-state index in [0.717, 1.165) is 15.6 Å². The number of pyridine rings is 1. The molecule has 0 saturated carbocycles. The largest absolute Gasteiger partial charge is 0.259 e. The van der Waals surface area contributed by atoms with E-state index >= 15 is 0 Å². The molecular formula is C10H8BrCl2N. The van der Waals surface area contributed by atoms with E-state index in [1.165, 1.54) is 5.39 Å². The molecule has 0 aliphatic rings. The van der Waals surface area contributed by atoms with Gasteiger partial charge in [0, 0.05) is 16.1 Å². The van der Waals surface area contributed by atoms with Gasteiger partial charge in [-0.05, 0) is 23.6 Å². The standard InChI is InChI=1S/C10H7BrClN.ClH/c11-9-2-1-7-6-13-10(5-12)4-8(7)3-9;/h1-4,6H,5H2;1H. The predicted octanol–water partition coefficient (Wildman–Crippen LogP) is 4.16. The monoisotopic (exact) mass is 291 g/mol. The number of hydrogen-bond donors (Lipinski definition) is 0. The third-order valence-corrected chi connectivity index (χ3v) is 2.64. The van der Waals surface area contributed by atoms with Crippen molar-refractivity contribution >= 4 is 50.7 Å². The lowest BCUT2D eigenvalue weighted by Crippen LogP contribution is -1.84. The highest BCUT2D eigenvalue weighted by atomic mass is 79.9. The summed E-state index contributed by atoms with van der Waals surface area (Å²) in [5.74, 6) is 0.461. The van der Waals surface area contributed by atoms with E-state index in [4.69, 9.17) is 11.6 Å². The summed E-state index contributed by atoms with van der Waals surface area (Å²) in [4.78, 5) is 4.21. The molecule has 0 saturated heterocycles. The van der Waals surface area contributed by atoms with Crippen molar-refractivity contribution < 1.29 is 0 Å². The van der Waals surface area contributed by atoms with Gasteiger partial charge in [0.15, 0.2) is 0 Å². The van der Waals surface area contributed by atoms with Gasteiger partial charge in [-0.15, -0.1) is 24.0 Å². The number of fused-ring (bicyclic) bond motifs is 1. The number of nitrogens with zero attached hydrogens (tertiary/aromatic N) is 1. The Labute approximate surface area is 102 Å². The maximum absolute atomic E-state index is 5.69. The zero-order chi connectivity index (χ0) is 9.26. The highest BCUT2D eigenvalue weighted by Gasteiger charge is 1.97. The van der Waals surface area contributed by atoms with Crippen molar-refractivity contribution in [3.05, 3.63) is 40.6 Å². The van der Waals surface area contributed by atoms with Gasteiger partial charge in [0.2, 0.25) is 0 Å². The van der Waals surface area contributed by atoms with Crippen molar-refractivity contribution in [2.45, 2.75) is 5.88 Å². The summed E-state index contributed by atoms with van der Waals surface area (Å²) in [7, 11) is 0. The fraction of sp³-hybridized carbons (Fsp3) is 0.100. The molecule has 0 unspecified atom stereocenters. The summed E-state index contributed by atoms with van der Waals surface area (Å²) in [6, 6.07) is 8.11. The predicted molar refractivity (Wildman–Crippen MR) is 66.2 cm³/mol. The Morgan fingerprint density at radius 1 is 1.21 bits per heavy atom. The fourth-order valence-electron chi connectivity index (χ4n) is 1.23. The van der Waals surface area contributed by atoms with E-state index in [9.17, 15) is 0 Å². The highest BCUT2D eigenvalue weighted by Crippen LogP contribution is 2.19. The van der Waals surface area contributed by atoms with Crippen LogP contribution in [0.2, 0.25) is 0 Å². The summed E-state index contributed by atoms with van der Waals surface area (Å²) in [6.07, 6.45) is 1.85. The van der Waals surface area contributed by atoms with Crippen LogP contribution in [0.3, 0.4) is 0 Å². The maximum Gasteiger partial charge on any atom is 0.0647 e. The van der Waals surface area contributed by atoms with E-state index < -0.39 is 0 Å². The van der Waals surface area contributed by atoms with Gasteiger partial charge in [0.05, 0.1) is 11.6 Å². The molecule has 0 N–H and O–H groups in total. The van der Waals surface area contributed by atoms with Crippen molar-refractivity contribution in [3.63, 3.8) is 0 Å². The summed E-state index contributed by atoms with van der Waals surface area (Å²) in [5.41, 5.74) is 0.910. The number of benzene rings is 1. The summed E-state index contributed by atoms with van der Waals surface area (Å²) in [6.45, 7) is 0. The molecule has 0 radical (unpaired) electrons. The van der Waals surface area contributed by atoms with Crippen molar-refractivity contribution in [2.24, 2.45) is 0 Å². The van der Waals surface area contributed by atoms with Gasteiger partial charge in [-0.3, -0.25) is 4.98 Å². The van der Waals surface area contributed by atoms with E-state index in [1.807, 2.05) is 24.4 Å². The Kier molecular flexibility index (Phi) is 4.17. The lowest BCUT2D eigenvalue weighted by atomic mass is 10.1. The molecule has 1 nitrogen and oxygen atoms in total. The smallest absolute Gasteiger partial charge is 0.0647 e. The molecule has 14 heavy (non-hydrogen) atoms. The minimum absolute atomic E-state index is 0. The van der Waals surface area contributed by atoms with Crippen LogP contribution in [-0.2, 0) is 5.88 Å².